The van der Waals surface area contributed by atoms with Gasteiger partial charge in [-0.25, -0.2) is 4.39 Å². The van der Waals surface area contributed by atoms with Crippen LogP contribution in [0.2, 0.25) is 5.02 Å². The molecule has 9 heteroatoms. The molecule has 2 N–H and O–H groups in total. The second-order valence-electron chi connectivity index (χ2n) is 10.4. The lowest BCUT2D eigenvalue weighted by molar-refractivity contribution is -0.119. The van der Waals surface area contributed by atoms with Crippen molar-refractivity contribution >= 4 is 29.1 Å². The molecule has 1 saturated carbocycles. The van der Waals surface area contributed by atoms with Gasteiger partial charge >= 0.3 is 0 Å². The number of nitrogens with one attached hydrogen (secondary N) is 2. The third-order valence-electron chi connectivity index (χ3n) is 7.71. The van der Waals surface area contributed by atoms with Crippen molar-refractivity contribution < 1.29 is 14.0 Å². The van der Waals surface area contributed by atoms with E-state index in [0.29, 0.717) is 42.1 Å². The Bertz CT molecular complexity index is 1300. The lowest BCUT2D eigenvalue weighted by Gasteiger charge is -2.32. The second kappa shape index (κ2) is 11.3. The summed E-state index contributed by atoms with van der Waals surface area (Å²) in [5.74, 6) is -0.710. The van der Waals surface area contributed by atoms with Gasteiger partial charge < -0.3 is 15.2 Å². The van der Waals surface area contributed by atoms with Crippen molar-refractivity contribution in [3.05, 3.63) is 70.8 Å². The summed E-state index contributed by atoms with van der Waals surface area (Å²) in [4.78, 5) is 33.4. The van der Waals surface area contributed by atoms with Gasteiger partial charge in [0, 0.05) is 48.5 Å². The zero-order chi connectivity index (χ0) is 26.8. The first-order valence-electron chi connectivity index (χ1n) is 13.1. The molecule has 1 aliphatic carbocycles. The molecule has 0 spiro atoms. The number of fused-ring (bicyclic) bond motifs is 1. The molecule has 1 atom stereocenters. The first-order chi connectivity index (χ1) is 18.3. The molecule has 3 aromatic rings. The summed E-state index contributed by atoms with van der Waals surface area (Å²) >= 11 is 6.39. The Balaban J connectivity index is 1.34. The fourth-order valence-electron chi connectivity index (χ4n) is 5.58. The van der Waals surface area contributed by atoms with Gasteiger partial charge in [0.15, 0.2) is 0 Å². The number of rotatable bonds is 6. The quantitative estimate of drug-likeness (QED) is 0.452. The number of carbonyl (C=O) groups is 2. The van der Waals surface area contributed by atoms with Crippen LogP contribution >= 0.6 is 11.6 Å². The van der Waals surface area contributed by atoms with Crippen LogP contribution in [0.5, 0.6) is 0 Å². The molecule has 0 bridgehead atoms. The average molecular weight is 538 g/mol. The van der Waals surface area contributed by atoms with Crippen molar-refractivity contribution in [2.45, 2.75) is 57.9 Å². The molecule has 1 aliphatic heterocycles. The van der Waals surface area contributed by atoms with E-state index in [2.05, 4.69) is 27.6 Å². The minimum absolute atomic E-state index is 0.135. The zero-order valence-electron chi connectivity index (χ0n) is 21.7. The van der Waals surface area contributed by atoms with E-state index in [0.717, 1.165) is 42.1 Å². The minimum Gasteiger partial charge on any atom is -0.339 e. The predicted octanol–water partition coefficient (Wildman–Crippen LogP) is 5.22. The topological polar surface area (TPSA) is 79.3 Å². The van der Waals surface area contributed by atoms with Gasteiger partial charge in [0.05, 0.1) is 5.02 Å². The van der Waals surface area contributed by atoms with Crippen LogP contribution in [-0.2, 0) is 17.9 Å². The fourth-order valence-corrected chi connectivity index (χ4v) is 5.89. The molecule has 0 saturated heterocycles. The van der Waals surface area contributed by atoms with Gasteiger partial charge in [0.1, 0.15) is 17.9 Å². The van der Waals surface area contributed by atoms with E-state index in [4.69, 9.17) is 11.6 Å². The third kappa shape index (κ3) is 5.61. The highest BCUT2D eigenvalue weighted by Gasteiger charge is 2.34. The number of amides is 2. The molecule has 0 unspecified atom stereocenters. The molecule has 2 aliphatic rings. The second-order valence-corrected chi connectivity index (χ2v) is 10.8. The summed E-state index contributed by atoms with van der Waals surface area (Å²) in [5.41, 5.74) is 4.80. The van der Waals surface area contributed by atoms with Gasteiger partial charge in [0.2, 0.25) is 5.91 Å². The van der Waals surface area contributed by atoms with Crippen molar-refractivity contribution in [3.8, 4) is 11.1 Å². The highest BCUT2D eigenvalue weighted by molar-refractivity contribution is 6.33. The maximum absolute atomic E-state index is 13.9. The molecular weight excluding hydrogens is 505 g/mol. The number of hydrogen-bond donors (Lipinski definition) is 2. The normalized spacial score (nSPS) is 20.4. The Labute approximate surface area is 227 Å². The molecule has 1 fully saturated rings. The number of benzene rings is 1. The number of likely N-dealkylation sites (N-methyl/N-ethyl adjacent to an activating group) is 1. The summed E-state index contributed by atoms with van der Waals surface area (Å²) in [5, 5.41) is 6.58. The lowest BCUT2D eigenvalue weighted by atomic mass is 9.82. The number of carbonyl (C=O) groups excluding carboxylic acids is 2. The van der Waals surface area contributed by atoms with Crippen LogP contribution in [0.4, 0.5) is 10.1 Å². The van der Waals surface area contributed by atoms with E-state index < -0.39 is 12.2 Å². The number of aryl methyl sites for hydroxylation is 1. The van der Waals surface area contributed by atoms with Gasteiger partial charge in [-0.2, -0.15) is 0 Å². The van der Waals surface area contributed by atoms with Crippen LogP contribution in [0.25, 0.3) is 11.1 Å². The number of nitrogens with zero attached hydrogens (tertiary/aromatic N) is 3. The molecular formula is C29H33ClFN5O2. The fraction of sp³-hybridized carbons (Fsp3) is 0.414. The Morgan fingerprint density at radius 1 is 1.05 bits per heavy atom. The van der Waals surface area contributed by atoms with Gasteiger partial charge in [0.25, 0.3) is 5.91 Å². The highest BCUT2D eigenvalue weighted by Crippen LogP contribution is 2.32. The predicted molar refractivity (Wildman–Crippen MR) is 147 cm³/mol. The molecule has 7 nitrogen and oxygen atoms in total. The molecule has 38 heavy (non-hydrogen) atoms. The van der Waals surface area contributed by atoms with E-state index in [1.165, 1.54) is 0 Å². The Morgan fingerprint density at radius 3 is 2.50 bits per heavy atom. The first-order valence-corrected chi connectivity index (χ1v) is 13.5. The number of anilines is 1. The van der Waals surface area contributed by atoms with Gasteiger partial charge in [-0.05, 0) is 81.5 Å². The number of pyridine rings is 1. The standard InChI is InChI=1S/C29H33ClFN5O2/c1-18-26(24(30)13-14-32-18)19-5-9-22(10-6-19)33-29(38)27(20-3-7-21(31)8-4-20)34-28(37)25-12-11-23-17-35(2)15-16-36(23)25/h5-6,9-14,20-21,27H,3-4,7-8,15-17H2,1-2H3,(H,33,38)(H,34,37)/t20?,21?,27-/m0/s1. The number of halogens is 2. The monoisotopic (exact) mass is 537 g/mol. The zero-order valence-corrected chi connectivity index (χ0v) is 22.5. The number of hydrogen-bond acceptors (Lipinski definition) is 4. The summed E-state index contributed by atoms with van der Waals surface area (Å²) < 4.78 is 15.9. The minimum atomic E-state index is -0.851. The number of aromatic nitrogens is 2. The molecule has 1 aromatic carbocycles. The largest absolute Gasteiger partial charge is 0.339 e. The Hall–Kier alpha value is -3.23. The molecule has 0 radical (unpaired) electrons. The first kappa shape index (κ1) is 26.4. The van der Waals surface area contributed by atoms with Gasteiger partial charge in [-0.1, -0.05) is 23.7 Å². The van der Waals surface area contributed by atoms with E-state index >= 15 is 0 Å². The van der Waals surface area contributed by atoms with Crippen molar-refractivity contribution in [1.29, 1.82) is 0 Å². The summed E-state index contributed by atoms with van der Waals surface area (Å²) in [6.07, 6.45) is 2.72. The van der Waals surface area contributed by atoms with E-state index in [-0.39, 0.29) is 17.7 Å². The Morgan fingerprint density at radius 2 is 1.79 bits per heavy atom. The lowest BCUT2D eigenvalue weighted by Crippen LogP contribution is -2.50. The Kier molecular flexibility index (Phi) is 7.81. The van der Waals surface area contributed by atoms with Crippen molar-refractivity contribution in [2.24, 2.45) is 5.92 Å². The SMILES string of the molecule is Cc1nccc(Cl)c1-c1ccc(NC(=O)[C@@H](NC(=O)c2ccc3n2CCN(C)C3)C2CCC(F)CC2)cc1. The van der Waals surface area contributed by atoms with Crippen LogP contribution in [0, 0.1) is 12.8 Å². The summed E-state index contributed by atoms with van der Waals surface area (Å²) in [7, 11) is 2.05. The highest BCUT2D eigenvalue weighted by atomic mass is 35.5. The van der Waals surface area contributed by atoms with E-state index in [1.807, 2.05) is 47.9 Å². The van der Waals surface area contributed by atoms with Gasteiger partial charge in [-0.3, -0.25) is 19.5 Å². The molecule has 200 valence electrons. The van der Waals surface area contributed by atoms with Crippen LogP contribution in [0.1, 0.15) is 47.6 Å². The van der Waals surface area contributed by atoms with Crippen LogP contribution < -0.4 is 10.6 Å². The summed E-state index contributed by atoms with van der Waals surface area (Å²) in [6, 6.07) is 12.2. The molecule has 3 heterocycles. The molecule has 5 rings (SSSR count). The maximum atomic E-state index is 13.9. The van der Waals surface area contributed by atoms with Crippen molar-refractivity contribution in [1.82, 2.24) is 19.8 Å². The van der Waals surface area contributed by atoms with Crippen molar-refractivity contribution in [2.75, 3.05) is 18.9 Å². The third-order valence-corrected chi connectivity index (χ3v) is 8.03. The van der Waals surface area contributed by atoms with E-state index in [1.54, 1.807) is 12.3 Å². The molecule has 2 aromatic heterocycles. The average Bonchev–Trinajstić information content (AvgIpc) is 3.32. The van der Waals surface area contributed by atoms with Crippen LogP contribution in [0.3, 0.4) is 0 Å². The summed E-state index contributed by atoms with van der Waals surface area (Å²) in [6.45, 7) is 4.25. The van der Waals surface area contributed by atoms with Crippen LogP contribution in [0.15, 0.2) is 48.7 Å². The maximum Gasteiger partial charge on any atom is 0.268 e. The van der Waals surface area contributed by atoms with Crippen molar-refractivity contribution in [3.63, 3.8) is 0 Å². The van der Waals surface area contributed by atoms with Crippen LogP contribution in [-0.4, -0.2) is 52.1 Å². The molecule has 2 amide bonds. The number of alkyl halides is 1. The smallest absolute Gasteiger partial charge is 0.268 e. The van der Waals surface area contributed by atoms with Gasteiger partial charge in [-0.15, -0.1) is 0 Å². The van der Waals surface area contributed by atoms with E-state index in [9.17, 15) is 14.0 Å².